The quantitative estimate of drug-likeness (QED) is 0.690. The zero-order chi connectivity index (χ0) is 20.7. The lowest BCUT2D eigenvalue weighted by molar-refractivity contribution is -0.133. The van der Waals surface area contributed by atoms with Crippen LogP contribution in [0.2, 0.25) is 10.0 Å². The van der Waals surface area contributed by atoms with Gasteiger partial charge in [0.2, 0.25) is 5.91 Å². The molecule has 1 aromatic carbocycles. The summed E-state index contributed by atoms with van der Waals surface area (Å²) in [6.45, 7) is 0.458. The van der Waals surface area contributed by atoms with Gasteiger partial charge < -0.3 is 5.73 Å². The van der Waals surface area contributed by atoms with Gasteiger partial charge in [0.1, 0.15) is 0 Å². The molecule has 4 atom stereocenters. The molecule has 1 aliphatic heterocycles. The number of fused-ring (bicyclic) bond motifs is 1. The van der Waals surface area contributed by atoms with E-state index in [9.17, 15) is 10.1 Å². The summed E-state index contributed by atoms with van der Waals surface area (Å²) in [5.41, 5.74) is 14.8. The normalized spacial score (nSPS) is 26.5. The van der Waals surface area contributed by atoms with Crippen molar-refractivity contribution in [3.8, 4) is 17.3 Å². The van der Waals surface area contributed by atoms with Crippen LogP contribution in [0, 0.1) is 23.2 Å². The van der Waals surface area contributed by atoms with Crippen LogP contribution >= 0.6 is 23.2 Å². The molecule has 1 saturated carbocycles. The second-order valence-electron chi connectivity index (χ2n) is 7.75. The molecular weight excluding hydrogens is 411 g/mol. The van der Waals surface area contributed by atoms with Crippen molar-refractivity contribution in [2.45, 2.75) is 31.2 Å². The summed E-state index contributed by atoms with van der Waals surface area (Å²) in [4.78, 5) is 12.3. The summed E-state index contributed by atoms with van der Waals surface area (Å²) in [6.07, 6.45) is 4.35. The number of hydrogen-bond donors (Lipinski definition) is 3. The lowest BCUT2D eigenvalue weighted by Crippen LogP contribution is -2.62. The molecule has 9 heteroatoms. The predicted octanol–water partition coefficient (Wildman–Crippen LogP) is 2.73. The van der Waals surface area contributed by atoms with Crippen molar-refractivity contribution in [3.63, 3.8) is 0 Å². The predicted molar refractivity (Wildman–Crippen MR) is 111 cm³/mol. The molecular formula is C20H22Cl2N6O. The van der Waals surface area contributed by atoms with Gasteiger partial charge >= 0.3 is 0 Å². The van der Waals surface area contributed by atoms with Crippen LogP contribution in [0.1, 0.15) is 36.3 Å². The fraction of sp³-hybridized carbons (Fsp3) is 0.450. The van der Waals surface area contributed by atoms with Crippen molar-refractivity contribution in [1.82, 2.24) is 20.6 Å². The van der Waals surface area contributed by atoms with E-state index in [4.69, 9.17) is 28.9 Å². The minimum atomic E-state index is -0.0270. The highest BCUT2D eigenvalue weighted by Gasteiger charge is 2.43. The van der Waals surface area contributed by atoms with Gasteiger partial charge in [-0.05, 0) is 43.2 Å². The molecule has 4 N–H and O–H groups in total. The number of amides is 1. The van der Waals surface area contributed by atoms with Crippen molar-refractivity contribution in [2.75, 3.05) is 6.54 Å². The number of carbonyl (C=O) groups excluding carboxylic acids is 1. The molecule has 7 nitrogen and oxygen atoms in total. The number of nitriles is 1. The number of nitrogens with two attached hydrogens (primary N) is 1. The average molecular weight is 433 g/mol. The Morgan fingerprint density at radius 1 is 1.34 bits per heavy atom. The summed E-state index contributed by atoms with van der Waals surface area (Å²) in [6, 6.07) is 5.57. The number of carbonyl (C=O) groups is 1. The number of nitrogens with zero attached hydrogens (tertiary/aromatic N) is 3. The summed E-state index contributed by atoms with van der Waals surface area (Å²) in [5, 5.41) is 14.8. The molecule has 2 fully saturated rings. The summed E-state index contributed by atoms with van der Waals surface area (Å²) < 4.78 is 1.77. The molecule has 2 heterocycles. The molecule has 2 aliphatic rings. The van der Waals surface area contributed by atoms with Gasteiger partial charge in [-0.15, -0.1) is 0 Å². The Balaban J connectivity index is 1.73. The molecule has 1 saturated heterocycles. The third-order valence-electron chi connectivity index (χ3n) is 6.23. The topological polar surface area (TPSA) is 109 Å². The highest BCUT2D eigenvalue weighted by atomic mass is 35.5. The average Bonchev–Trinajstić information content (AvgIpc) is 3.11. The zero-order valence-electron chi connectivity index (χ0n) is 16.0. The van der Waals surface area contributed by atoms with Crippen LogP contribution in [-0.4, -0.2) is 28.3 Å². The maximum absolute atomic E-state index is 12.3. The van der Waals surface area contributed by atoms with Crippen LogP contribution in [0.15, 0.2) is 18.3 Å². The number of hydrazine groups is 1. The first kappa shape index (κ1) is 20.2. The number of rotatable bonds is 3. The van der Waals surface area contributed by atoms with Gasteiger partial charge in [0.05, 0.1) is 33.6 Å². The Hall–Kier alpha value is -2.11. The lowest BCUT2D eigenvalue weighted by Gasteiger charge is -2.43. The minimum Gasteiger partial charge on any atom is -0.329 e. The van der Waals surface area contributed by atoms with Crippen molar-refractivity contribution in [1.29, 1.82) is 5.26 Å². The summed E-state index contributed by atoms with van der Waals surface area (Å²) in [7, 11) is 1.85. The Bertz CT molecular complexity index is 998. The fourth-order valence-corrected chi connectivity index (χ4v) is 5.10. The molecule has 0 spiro atoms. The minimum absolute atomic E-state index is 0.0270. The van der Waals surface area contributed by atoms with E-state index in [2.05, 4.69) is 22.0 Å². The second kappa shape index (κ2) is 7.96. The molecule has 152 valence electrons. The number of aromatic nitrogens is 2. The van der Waals surface area contributed by atoms with Crippen molar-refractivity contribution in [3.05, 3.63) is 39.5 Å². The van der Waals surface area contributed by atoms with Crippen molar-refractivity contribution >= 4 is 29.1 Å². The summed E-state index contributed by atoms with van der Waals surface area (Å²) in [5.74, 6) is 0.383. The first-order valence-corrected chi connectivity index (χ1v) is 10.4. The van der Waals surface area contributed by atoms with Crippen LogP contribution in [-0.2, 0) is 11.8 Å². The van der Waals surface area contributed by atoms with Crippen LogP contribution in [0.4, 0.5) is 0 Å². The number of aryl methyl sites for hydroxylation is 1. The molecule has 0 bridgehead atoms. The number of halogens is 2. The van der Waals surface area contributed by atoms with E-state index in [-0.39, 0.29) is 29.7 Å². The Morgan fingerprint density at radius 2 is 2.10 bits per heavy atom. The van der Waals surface area contributed by atoms with Crippen molar-refractivity contribution in [2.24, 2.45) is 24.6 Å². The Morgan fingerprint density at radius 3 is 2.83 bits per heavy atom. The van der Waals surface area contributed by atoms with Gasteiger partial charge in [-0.2, -0.15) is 10.4 Å². The lowest BCUT2D eigenvalue weighted by atomic mass is 9.68. The van der Waals surface area contributed by atoms with Crippen molar-refractivity contribution < 1.29 is 4.79 Å². The molecule has 0 radical (unpaired) electrons. The summed E-state index contributed by atoms with van der Waals surface area (Å²) >= 11 is 12.4. The number of benzene rings is 1. The molecule has 2 aromatic rings. The van der Waals surface area contributed by atoms with Gasteiger partial charge in [-0.3, -0.25) is 14.9 Å². The third-order valence-corrected chi connectivity index (χ3v) is 6.95. The van der Waals surface area contributed by atoms with Gasteiger partial charge in [0, 0.05) is 36.7 Å². The molecule has 1 aromatic heterocycles. The number of hydrogen-bond acceptors (Lipinski definition) is 5. The first-order valence-electron chi connectivity index (χ1n) is 9.61. The van der Waals surface area contributed by atoms with E-state index in [0.717, 1.165) is 30.5 Å². The van der Waals surface area contributed by atoms with E-state index in [1.807, 2.05) is 13.2 Å². The van der Waals surface area contributed by atoms with Crippen LogP contribution in [0.3, 0.4) is 0 Å². The fourth-order valence-electron chi connectivity index (χ4n) is 4.77. The van der Waals surface area contributed by atoms with E-state index >= 15 is 0 Å². The maximum atomic E-state index is 12.3. The monoisotopic (exact) mass is 432 g/mol. The smallest absolute Gasteiger partial charge is 0.237 e. The number of nitrogens with one attached hydrogen (secondary N) is 2. The Kier molecular flexibility index (Phi) is 5.54. The van der Waals surface area contributed by atoms with Gasteiger partial charge in [0.15, 0.2) is 0 Å². The van der Waals surface area contributed by atoms with Gasteiger partial charge in [-0.25, -0.2) is 5.43 Å². The largest absolute Gasteiger partial charge is 0.329 e. The van der Waals surface area contributed by atoms with Gasteiger partial charge in [0.25, 0.3) is 0 Å². The SMILES string of the molecule is Cn1ncc(C2CCC3C(=O)NNC(CN)C3C2)c1-c1cc(Cl)c(Cl)cc1C#N. The highest BCUT2D eigenvalue weighted by Crippen LogP contribution is 2.45. The third kappa shape index (κ3) is 3.51. The molecule has 29 heavy (non-hydrogen) atoms. The van der Waals surface area contributed by atoms with E-state index in [1.54, 1.807) is 16.8 Å². The molecule has 1 aliphatic carbocycles. The molecule has 4 rings (SSSR count). The van der Waals surface area contributed by atoms with Crippen LogP contribution in [0.25, 0.3) is 11.3 Å². The molecule has 1 amide bonds. The Labute approximate surface area is 179 Å². The van der Waals surface area contributed by atoms with Gasteiger partial charge in [-0.1, -0.05) is 23.2 Å². The molecule has 4 unspecified atom stereocenters. The first-order chi connectivity index (χ1) is 13.9. The second-order valence-corrected chi connectivity index (χ2v) is 8.57. The maximum Gasteiger partial charge on any atom is 0.237 e. The van der Waals surface area contributed by atoms with E-state index in [0.29, 0.717) is 27.7 Å². The van der Waals surface area contributed by atoms with Crippen LogP contribution < -0.4 is 16.6 Å². The van der Waals surface area contributed by atoms with E-state index < -0.39 is 0 Å². The highest BCUT2D eigenvalue weighted by molar-refractivity contribution is 6.42. The van der Waals surface area contributed by atoms with E-state index in [1.165, 1.54) is 0 Å². The zero-order valence-corrected chi connectivity index (χ0v) is 17.5. The van der Waals surface area contributed by atoms with Crippen LogP contribution in [0.5, 0.6) is 0 Å². The standard InChI is InChI=1S/C20H22Cl2N6O/c1-28-19(13-6-17(22)16(21)5-11(13)7-23)15(9-25-28)10-2-3-12-14(4-10)18(8-24)26-27-20(12)29/h5-6,9-10,12,14,18,26H,2-4,8,24H2,1H3,(H,27,29).